The molecule has 1 N–H and O–H groups in total. The van der Waals surface area contributed by atoms with Crippen LogP contribution in [0.3, 0.4) is 0 Å². The van der Waals surface area contributed by atoms with Gasteiger partial charge in [-0.3, -0.25) is 4.79 Å². The van der Waals surface area contributed by atoms with E-state index in [1.165, 1.54) is 11.0 Å². The van der Waals surface area contributed by atoms with Gasteiger partial charge in [-0.1, -0.05) is 30.3 Å². The number of nitrogens with zero attached hydrogens (tertiary/aromatic N) is 5. The highest BCUT2D eigenvalue weighted by Crippen LogP contribution is 2.19. The quantitative estimate of drug-likeness (QED) is 0.746. The highest BCUT2D eigenvalue weighted by molar-refractivity contribution is 5.94. The van der Waals surface area contributed by atoms with Gasteiger partial charge in [0.05, 0.1) is 0 Å². The van der Waals surface area contributed by atoms with Crippen LogP contribution >= 0.6 is 0 Å². The summed E-state index contributed by atoms with van der Waals surface area (Å²) in [5, 5.41) is 14.1. The molecule has 1 heterocycles. The van der Waals surface area contributed by atoms with Crippen molar-refractivity contribution in [3.63, 3.8) is 0 Å². The number of rotatable bonds is 6. The van der Waals surface area contributed by atoms with E-state index in [0.717, 1.165) is 16.9 Å². The van der Waals surface area contributed by atoms with Crippen LogP contribution in [0.15, 0.2) is 60.9 Å². The van der Waals surface area contributed by atoms with Crippen LogP contribution in [0, 0.1) is 0 Å². The lowest BCUT2D eigenvalue weighted by Crippen LogP contribution is -2.28. The Hall–Kier alpha value is -3.22. The molecule has 3 rings (SSSR count). The lowest BCUT2D eigenvalue weighted by atomic mass is 10.1. The summed E-state index contributed by atoms with van der Waals surface area (Å²) in [6, 6.07) is 17.0. The highest BCUT2D eigenvalue weighted by Gasteiger charge is 2.22. The topological polar surface area (TPSA) is 75.9 Å². The van der Waals surface area contributed by atoms with Gasteiger partial charge < -0.3 is 10.2 Å². The first-order valence-electron chi connectivity index (χ1n) is 7.98. The van der Waals surface area contributed by atoms with Crippen molar-refractivity contribution in [1.29, 1.82) is 0 Å². The second kappa shape index (κ2) is 7.57. The lowest BCUT2D eigenvalue weighted by molar-refractivity contribution is -0.119. The summed E-state index contributed by atoms with van der Waals surface area (Å²) in [5.41, 5.74) is 2.85. The predicted octanol–water partition coefficient (Wildman–Crippen LogP) is 2.16. The molecule has 0 radical (unpaired) electrons. The first kappa shape index (κ1) is 16.6. The Morgan fingerprint density at radius 1 is 1.12 bits per heavy atom. The zero-order chi connectivity index (χ0) is 17.6. The van der Waals surface area contributed by atoms with Crippen molar-refractivity contribution in [3.05, 3.63) is 66.5 Å². The fourth-order valence-electron chi connectivity index (χ4n) is 2.52. The molecule has 3 aromatic rings. The Balaban J connectivity index is 1.77. The van der Waals surface area contributed by atoms with E-state index in [9.17, 15) is 4.79 Å². The SMILES string of the molecule is CN(C)c1ccc(NC(=O)[C@@H](Cc2ccccc2)n2cnnn2)cc1. The summed E-state index contributed by atoms with van der Waals surface area (Å²) < 4.78 is 1.48. The van der Waals surface area contributed by atoms with Crippen molar-refractivity contribution >= 4 is 17.3 Å². The summed E-state index contributed by atoms with van der Waals surface area (Å²) in [6.07, 6.45) is 1.97. The number of hydrogen-bond acceptors (Lipinski definition) is 5. The van der Waals surface area contributed by atoms with Crippen molar-refractivity contribution < 1.29 is 4.79 Å². The fraction of sp³-hybridized carbons (Fsp3) is 0.222. The number of carbonyl (C=O) groups is 1. The summed E-state index contributed by atoms with van der Waals surface area (Å²) in [4.78, 5) is 14.8. The van der Waals surface area contributed by atoms with E-state index >= 15 is 0 Å². The number of hydrogen-bond donors (Lipinski definition) is 1. The maximum Gasteiger partial charge on any atom is 0.249 e. The second-order valence-corrected chi connectivity index (χ2v) is 5.93. The number of nitrogens with one attached hydrogen (secondary N) is 1. The van der Waals surface area contributed by atoms with Crippen LogP contribution in [0.25, 0.3) is 0 Å². The molecule has 0 saturated heterocycles. The largest absolute Gasteiger partial charge is 0.378 e. The molecular formula is C18H20N6O. The van der Waals surface area contributed by atoms with Crippen molar-refractivity contribution in [2.45, 2.75) is 12.5 Å². The Morgan fingerprint density at radius 2 is 1.84 bits per heavy atom. The van der Waals surface area contributed by atoms with Crippen LogP contribution in [-0.4, -0.2) is 40.2 Å². The number of carbonyl (C=O) groups excluding carboxylic acids is 1. The van der Waals surface area contributed by atoms with E-state index in [2.05, 4.69) is 20.8 Å². The van der Waals surface area contributed by atoms with E-state index in [1.807, 2.05) is 73.6 Å². The van der Waals surface area contributed by atoms with Gasteiger partial charge in [0, 0.05) is 31.9 Å². The predicted molar refractivity (Wildman–Crippen MR) is 96.4 cm³/mol. The number of aromatic nitrogens is 4. The van der Waals surface area contributed by atoms with Crippen LogP contribution < -0.4 is 10.2 Å². The van der Waals surface area contributed by atoms with E-state index in [4.69, 9.17) is 0 Å². The van der Waals surface area contributed by atoms with Crippen molar-refractivity contribution in [3.8, 4) is 0 Å². The third kappa shape index (κ3) is 4.20. The van der Waals surface area contributed by atoms with Crippen LogP contribution in [0.4, 0.5) is 11.4 Å². The standard InChI is InChI=1S/C18H20N6O/c1-23(2)16-10-8-15(9-11-16)20-18(25)17(24-13-19-21-22-24)12-14-6-4-3-5-7-14/h3-11,13,17H,12H2,1-2H3,(H,20,25)/t17-/m1/s1. The molecule has 7 heteroatoms. The number of anilines is 2. The maximum atomic E-state index is 12.8. The average molecular weight is 336 g/mol. The van der Waals surface area contributed by atoms with Crippen LogP contribution in [0.5, 0.6) is 0 Å². The van der Waals surface area contributed by atoms with Gasteiger partial charge in [0.25, 0.3) is 0 Å². The molecule has 25 heavy (non-hydrogen) atoms. The molecule has 0 aliphatic rings. The molecule has 1 amide bonds. The summed E-state index contributed by atoms with van der Waals surface area (Å²) >= 11 is 0. The summed E-state index contributed by atoms with van der Waals surface area (Å²) in [5.74, 6) is -0.159. The first-order chi connectivity index (χ1) is 12.1. The molecule has 1 atom stereocenters. The molecular weight excluding hydrogens is 316 g/mol. The number of benzene rings is 2. The highest BCUT2D eigenvalue weighted by atomic mass is 16.2. The molecule has 0 aliphatic carbocycles. The number of amides is 1. The summed E-state index contributed by atoms with van der Waals surface area (Å²) in [7, 11) is 3.95. The van der Waals surface area contributed by atoms with Crippen LogP contribution in [-0.2, 0) is 11.2 Å². The van der Waals surface area contributed by atoms with Gasteiger partial charge in [-0.2, -0.15) is 0 Å². The Morgan fingerprint density at radius 3 is 2.44 bits per heavy atom. The Bertz CT molecular complexity index is 799. The normalized spacial score (nSPS) is 11.8. The van der Waals surface area contributed by atoms with Gasteiger partial charge in [-0.15, -0.1) is 5.10 Å². The number of tetrazole rings is 1. The lowest BCUT2D eigenvalue weighted by Gasteiger charge is -2.17. The molecule has 7 nitrogen and oxygen atoms in total. The van der Waals surface area contributed by atoms with Gasteiger partial charge >= 0.3 is 0 Å². The zero-order valence-electron chi connectivity index (χ0n) is 14.2. The monoisotopic (exact) mass is 336 g/mol. The van der Waals surface area contributed by atoms with Gasteiger partial charge in [0.15, 0.2) is 0 Å². The second-order valence-electron chi connectivity index (χ2n) is 5.93. The van der Waals surface area contributed by atoms with Crippen molar-refractivity contribution in [2.24, 2.45) is 0 Å². The first-order valence-corrected chi connectivity index (χ1v) is 7.98. The molecule has 2 aromatic carbocycles. The molecule has 0 fully saturated rings. The minimum Gasteiger partial charge on any atom is -0.378 e. The molecule has 0 unspecified atom stereocenters. The molecule has 1 aromatic heterocycles. The third-order valence-electron chi connectivity index (χ3n) is 3.91. The van der Waals surface area contributed by atoms with Crippen molar-refractivity contribution in [2.75, 3.05) is 24.3 Å². The minimum atomic E-state index is -0.522. The van der Waals surface area contributed by atoms with E-state index in [-0.39, 0.29) is 5.91 Å². The third-order valence-corrected chi connectivity index (χ3v) is 3.91. The van der Waals surface area contributed by atoms with Gasteiger partial charge in [0.1, 0.15) is 12.4 Å². The smallest absolute Gasteiger partial charge is 0.249 e. The fourth-order valence-corrected chi connectivity index (χ4v) is 2.52. The van der Waals surface area contributed by atoms with Crippen LogP contribution in [0.1, 0.15) is 11.6 Å². The minimum absolute atomic E-state index is 0.159. The molecule has 0 saturated carbocycles. The Kier molecular flexibility index (Phi) is 5.03. The maximum absolute atomic E-state index is 12.8. The van der Waals surface area contributed by atoms with Gasteiger partial charge in [-0.25, -0.2) is 4.68 Å². The molecule has 0 spiro atoms. The van der Waals surface area contributed by atoms with E-state index < -0.39 is 6.04 Å². The summed E-state index contributed by atoms with van der Waals surface area (Å²) in [6.45, 7) is 0. The molecule has 0 aliphatic heterocycles. The van der Waals surface area contributed by atoms with E-state index in [1.54, 1.807) is 0 Å². The Labute approximate surface area is 146 Å². The molecule has 0 bridgehead atoms. The van der Waals surface area contributed by atoms with Crippen molar-refractivity contribution in [1.82, 2.24) is 20.2 Å². The zero-order valence-corrected chi connectivity index (χ0v) is 14.2. The van der Waals surface area contributed by atoms with E-state index in [0.29, 0.717) is 6.42 Å². The molecule has 128 valence electrons. The van der Waals surface area contributed by atoms with Crippen LogP contribution in [0.2, 0.25) is 0 Å². The van der Waals surface area contributed by atoms with Gasteiger partial charge in [0.2, 0.25) is 5.91 Å². The average Bonchev–Trinajstić information content (AvgIpc) is 3.15. The van der Waals surface area contributed by atoms with Gasteiger partial charge in [-0.05, 0) is 40.3 Å².